The lowest BCUT2D eigenvalue weighted by Crippen LogP contribution is -2.04. The number of hydrogen-bond acceptors (Lipinski definition) is 1. The average molecular weight is 257 g/mol. The molecule has 2 aromatic rings. The molecule has 0 aliphatic heterocycles. The first-order valence-corrected chi connectivity index (χ1v) is 6.47. The van der Waals surface area contributed by atoms with Crippen LogP contribution in [0.5, 0.6) is 5.75 Å². The molecule has 2 heteroatoms. The van der Waals surface area contributed by atoms with Crippen molar-refractivity contribution in [3.63, 3.8) is 0 Å². The van der Waals surface area contributed by atoms with Crippen LogP contribution in [0.25, 0.3) is 11.1 Å². The molecule has 0 atom stereocenters. The number of aryl methyl sites for hydroxylation is 1. The summed E-state index contributed by atoms with van der Waals surface area (Å²) in [5.74, 6) is 0.696. The monoisotopic (exact) mass is 257 g/mol. The van der Waals surface area contributed by atoms with Crippen LogP contribution in [-0.2, 0) is 0 Å². The van der Waals surface area contributed by atoms with E-state index in [0.29, 0.717) is 18.3 Å². The highest BCUT2D eigenvalue weighted by molar-refractivity contribution is 5.65. The van der Waals surface area contributed by atoms with E-state index in [2.05, 4.69) is 19.9 Å². The molecule has 0 aliphatic rings. The van der Waals surface area contributed by atoms with Crippen LogP contribution < -0.4 is 4.74 Å². The number of rotatable bonds is 4. The van der Waals surface area contributed by atoms with Gasteiger partial charge in [0.25, 0.3) is 0 Å². The summed E-state index contributed by atoms with van der Waals surface area (Å²) in [6, 6.07) is 13.8. The van der Waals surface area contributed by atoms with Crippen LogP contribution in [0.1, 0.15) is 19.4 Å². The molecule has 0 N–H and O–H groups in total. The molecule has 0 amide bonds. The molecular weight excluding hydrogens is 239 g/mol. The maximum Gasteiger partial charge on any atom is 0.127 e. The smallest absolute Gasteiger partial charge is 0.127 e. The molecule has 99 valence electrons. The van der Waals surface area contributed by atoms with Gasteiger partial charge < -0.3 is 4.74 Å². The summed E-state index contributed by atoms with van der Waals surface area (Å²) in [6.07, 6.45) is 0. The van der Waals surface area contributed by atoms with Crippen LogP contribution in [0.15, 0.2) is 36.4 Å². The summed E-state index contributed by atoms with van der Waals surface area (Å²) in [5.41, 5.74) is 2.71. The van der Waals surface area contributed by atoms with Crippen molar-refractivity contribution in [3.8, 4) is 16.9 Å². The van der Waals surface area contributed by atoms with Gasteiger partial charge >= 0.3 is 0 Å². The SMILES string of the molecule is Cc1[c]c(-c2cc(F)cc(OCC(C)C)c2)ccc1. The van der Waals surface area contributed by atoms with Gasteiger partial charge in [0.15, 0.2) is 0 Å². The molecule has 0 saturated heterocycles. The first-order valence-electron chi connectivity index (χ1n) is 6.47. The molecule has 2 rings (SSSR count). The maximum atomic E-state index is 13.6. The Morgan fingerprint density at radius 2 is 2.00 bits per heavy atom. The Hall–Kier alpha value is -1.83. The molecule has 0 spiro atoms. The fourth-order valence-electron chi connectivity index (χ4n) is 1.82. The zero-order valence-electron chi connectivity index (χ0n) is 11.5. The largest absolute Gasteiger partial charge is 0.493 e. The Morgan fingerprint density at radius 1 is 1.21 bits per heavy atom. The van der Waals surface area contributed by atoms with E-state index in [1.165, 1.54) is 12.1 Å². The molecule has 0 aromatic heterocycles. The van der Waals surface area contributed by atoms with Gasteiger partial charge in [-0.2, -0.15) is 0 Å². The second kappa shape index (κ2) is 5.87. The van der Waals surface area contributed by atoms with Crippen molar-refractivity contribution in [2.45, 2.75) is 20.8 Å². The van der Waals surface area contributed by atoms with Gasteiger partial charge in [-0.15, -0.1) is 0 Å². The summed E-state index contributed by atoms with van der Waals surface area (Å²) in [7, 11) is 0. The molecule has 19 heavy (non-hydrogen) atoms. The second-order valence-corrected chi connectivity index (χ2v) is 5.13. The summed E-state index contributed by atoms with van der Waals surface area (Å²) >= 11 is 0. The van der Waals surface area contributed by atoms with E-state index in [1.807, 2.05) is 31.2 Å². The molecule has 0 heterocycles. The first-order chi connectivity index (χ1) is 9.04. The van der Waals surface area contributed by atoms with Crippen molar-refractivity contribution in [2.24, 2.45) is 5.92 Å². The number of hydrogen-bond donors (Lipinski definition) is 0. The highest BCUT2D eigenvalue weighted by Gasteiger charge is 2.05. The minimum atomic E-state index is -0.286. The lowest BCUT2D eigenvalue weighted by Gasteiger charge is -2.11. The van der Waals surface area contributed by atoms with Gasteiger partial charge in [0.1, 0.15) is 11.6 Å². The van der Waals surface area contributed by atoms with Crippen LogP contribution in [0.3, 0.4) is 0 Å². The topological polar surface area (TPSA) is 9.23 Å². The van der Waals surface area contributed by atoms with E-state index in [9.17, 15) is 4.39 Å². The van der Waals surface area contributed by atoms with Gasteiger partial charge in [0.2, 0.25) is 0 Å². The Kier molecular flexibility index (Phi) is 4.20. The van der Waals surface area contributed by atoms with E-state index in [-0.39, 0.29) is 5.82 Å². The van der Waals surface area contributed by atoms with Gasteiger partial charge in [0.05, 0.1) is 6.61 Å². The van der Waals surface area contributed by atoms with Crippen LogP contribution >= 0.6 is 0 Å². The molecule has 0 unspecified atom stereocenters. The minimum absolute atomic E-state index is 0.286. The lowest BCUT2D eigenvalue weighted by molar-refractivity contribution is 0.270. The zero-order chi connectivity index (χ0) is 13.8. The van der Waals surface area contributed by atoms with Crippen molar-refractivity contribution in [2.75, 3.05) is 6.61 Å². The number of halogens is 1. The van der Waals surface area contributed by atoms with E-state index in [0.717, 1.165) is 16.7 Å². The molecule has 0 saturated carbocycles. The molecule has 1 nitrogen and oxygen atoms in total. The van der Waals surface area contributed by atoms with Crippen molar-refractivity contribution in [1.82, 2.24) is 0 Å². The highest BCUT2D eigenvalue weighted by Crippen LogP contribution is 2.26. The first kappa shape index (κ1) is 13.6. The van der Waals surface area contributed by atoms with E-state index in [4.69, 9.17) is 4.74 Å². The maximum absolute atomic E-state index is 13.6. The molecule has 1 radical (unpaired) electrons. The zero-order valence-corrected chi connectivity index (χ0v) is 11.5. The Labute approximate surface area is 114 Å². The summed E-state index contributed by atoms with van der Waals surface area (Å²) in [6.45, 7) is 6.68. The van der Waals surface area contributed by atoms with Crippen LogP contribution in [-0.4, -0.2) is 6.61 Å². The number of benzene rings is 2. The van der Waals surface area contributed by atoms with Crippen molar-refractivity contribution >= 4 is 0 Å². The molecule has 0 fully saturated rings. The quantitative estimate of drug-likeness (QED) is 0.775. The van der Waals surface area contributed by atoms with Gasteiger partial charge in [-0.05, 0) is 47.7 Å². The fourth-order valence-corrected chi connectivity index (χ4v) is 1.82. The minimum Gasteiger partial charge on any atom is -0.493 e. The number of ether oxygens (including phenoxy) is 1. The predicted molar refractivity (Wildman–Crippen MR) is 75.7 cm³/mol. The summed E-state index contributed by atoms with van der Waals surface area (Å²) in [5, 5.41) is 0. The van der Waals surface area contributed by atoms with Crippen molar-refractivity contribution in [1.29, 1.82) is 0 Å². The van der Waals surface area contributed by atoms with E-state index >= 15 is 0 Å². The molecular formula is C17H18FO. The van der Waals surface area contributed by atoms with E-state index in [1.54, 1.807) is 0 Å². The van der Waals surface area contributed by atoms with Crippen molar-refractivity contribution in [3.05, 3.63) is 53.8 Å². The third-order valence-electron chi connectivity index (χ3n) is 2.71. The summed E-state index contributed by atoms with van der Waals surface area (Å²) in [4.78, 5) is 0. The van der Waals surface area contributed by atoms with Crippen molar-refractivity contribution < 1.29 is 9.13 Å². The Balaban J connectivity index is 2.31. The summed E-state index contributed by atoms with van der Waals surface area (Å²) < 4.78 is 19.2. The van der Waals surface area contributed by atoms with Gasteiger partial charge in [-0.25, -0.2) is 4.39 Å². The average Bonchev–Trinajstić information content (AvgIpc) is 2.36. The van der Waals surface area contributed by atoms with Gasteiger partial charge in [-0.3, -0.25) is 0 Å². The predicted octanol–water partition coefficient (Wildman–Crippen LogP) is 4.64. The molecule has 0 aliphatic carbocycles. The fraction of sp³-hybridized carbons (Fsp3) is 0.294. The Bertz CT molecular complexity index is 561. The normalized spacial score (nSPS) is 10.8. The molecule has 2 aromatic carbocycles. The van der Waals surface area contributed by atoms with Crippen LogP contribution in [0.4, 0.5) is 4.39 Å². The highest BCUT2D eigenvalue weighted by atomic mass is 19.1. The standard InChI is InChI=1S/C17H18FO/c1-12(2)11-19-17-9-15(8-16(18)10-17)14-6-4-5-13(3)7-14/h4-6,8-10,12H,11H2,1-3H3. The lowest BCUT2D eigenvalue weighted by atomic mass is 10.0. The van der Waals surface area contributed by atoms with Gasteiger partial charge in [0, 0.05) is 6.07 Å². The molecule has 0 bridgehead atoms. The van der Waals surface area contributed by atoms with Crippen LogP contribution in [0, 0.1) is 24.7 Å². The Morgan fingerprint density at radius 3 is 2.68 bits per heavy atom. The third kappa shape index (κ3) is 3.82. The van der Waals surface area contributed by atoms with Gasteiger partial charge in [-0.1, -0.05) is 32.0 Å². The second-order valence-electron chi connectivity index (χ2n) is 5.13. The van der Waals surface area contributed by atoms with E-state index < -0.39 is 0 Å². The third-order valence-corrected chi connectivity index (χ3v) is 2.71. The van der Waals surface area contributed by atoms with Crippen LogP contribution in [0.2, 0.25) is 0 Å².